The third-order valence-electron chi connectivity index (χ3n) is 4.45. The van der Waals surface area contributed by atoms with Gasteiger partial charge in [-0.05, 0) is 66.9 Å². The summed E-state index contributed by atoms with van der Waals surface area (Å²) in [4.78, 5) is 0. The molecule has 0 fully saturated rings. The molecular weight excluding hydrogens is 404 g/mol. The van der Waals surface area contributed by atoms with Gasteiger partial charge >= 0.3 is 0 Å². The lowest BCUT2D eigenvalue weighted by Gasteiger charge is -2.10. The van der Waals surface area contributed by atoms with Crippen molar-refractivity contribution in [2.24, 2.45) is 0 Å². The molecule has 0 aliphatic rings. The molecule has 4 heteroatoms. The molecule has 0 aliphatic carbocycles. The molecule has 0 spiro atoms. The molecule has 0 unspecified atom stereocenters. The highest BCUT2D eigenvalue weighted by Gasteiger charge is 2.03. The van der Waals surface area contributed by atoms with E-state index in [9.17, 15) is 0 Å². The fourth-order valence-electron chi connectivity index (χ4n) is 2.79. The second-order valence-corrected chi connectivity index (χ2v) is 8.95. The van der Waals surface area contributed by atoms with E-state index in [1.807, 2.05) is 42.5 Å². The lowest BCUT2D eigenvalue weighted by atomic mass is 10.1. The van der Waals surface area contributed by atoms with Crippen LogP contribution >= 0.6 is 15.9 Å². The average molecular weight is 427 g/mol. The summed E-state index contributed by atoms with van der Waals surface area (Å²) in [5, 5.41) is 1.50. The van der Waals surface area contributed by atoms with Crippen LogP contribution in [0.1, 0.15) is 16.7 Å². The maximum absolute atomic E-state index is 5.94. The summed E-state index contributed by atoms with van der Waals surface area (Å²) in [6.45, 7) is 5.00. The molecule has 134 valence electrons. The number of halogens is 1. The van der Waals surface area contributed by atoms with Gasteiger partial charge in [-0.15, -0.1) is 0 Å². The molecule has 3 aromatic carbocycles. The Morgan fingerprint density at radius 2 is 1.65 bits per heavy atom. The van der Waals surface area contributed by atoms with Crippen LogP contribution in [0.4, 0.5) is 0 Å². The molecule has 3 aromatic rings. The molecule has 26 heavy (non-hydrogen) atoms. The Balaban J connectivity index is 1.52. The van der Waals surface area contributed by atoms with Crippen molar-refractivity contribution < 1.29 is 9.47 Å². The SMILES string of the molecule is Cc1cccc([SiH2]COCc2cccc(Oc3ccc(Br)cc3)c2)c1C. The van der Waals surface area contributed by atoms with E-state index < -0.39 is 9.52 Å². The van der Waals surface area contributed by atoms with Gasteiger partial charge in [0, 0.05) is 10.7 Å². The molecule has 0 bridgehead atoms. The maximum atomic E-state index is 5.94. The monoisotopic (exact) mass is 426 g/mol. The largest absolute Gasteiger partial charge is 0.457 e. The second-order valence-electron chi connectivity index (χ2n) is 6.37. The minimum atomic E-state index is -0.396. The van der Waals surface area contributed by atoms with E-state index in [2.05, 4.69) is 54.0 Å². The highest BCUT2D eigenvalue weighted by atomic mass is 79.9. The topological polar surface area (TPSA) is 18.5 Å². The minimum absolute atomic E-state index is 0.396. The zero-order chi connectivity index (χ0) is 18.4. The van der Waals surface area contributed by atoms with Crippen molar-refractivity contribution in [3.05, 3.63) is 87.9 Å². The number of benzene rings is 3. The Labute approximate surface area is 166 Å². The standard InChI is InChI=1S/C22H23BrO2Si/c1-16-5-3-8-22(17(16)2)26-15-24-14-18-6-4-7-21(13-18)25-20-11-9-19(23)10-12-20/h3-13H,14-15,26H2,1-2H3. The van der Waals surface area contributed by atoms with E-state index in [1.54, 1.807) is 0 Å². The normalized spacial score (nSPS) is 11.2. The van der Waals surface area contributed by atoms with Gasteiger partial charge in [0.05, 0.1) is 16.1 Å². The van der Waals surface area contributed by atoms with Crippen LogP contribution in [0.15, 0.2) is 71.2 Å². The van der Waals surface area contributed by atoms with Gasteiger partial charge in [-0.1, -0.05) is 51.4 Å². The Hall–Kier alpha value is -1.88. The lowest BCUT2D eigenvalue weighted by Crippen LogP contribution is -2.23. The van der Waals surface area contributed by atoms with Crippen molar-refractivity contribution in [3.8, 4) is 11.5 Å². The Kier molecular flexibility index (Phi) is 6.66. The molecule has 0 N–H and O–H groups in total. The van der Waals surface area contributed by atoms with Crippen LogP contribution in [0.3, 0.4) is 0 Å². The maximum Gasteiger partial charge on any atom is 0.127 e. The third kappa shape index (κ3) is 5.31. The summed E-state index contributed by atoms with van der Waals surface area (Å²) in [7, 11) is -0.396. The van der Waals surface area contributed by atoms with Crippen molar-refractivity contribution in [2.45, 2.75) is 20.5 Å². The van der Waals surface area contributed by atoms with Crippen LogP contribution in [0.25, 0.3) is 0 Å². The van der Waals surface area contributed by atoms with E-state index in [-0.39, 0.29) is 0 Å². The molecule has 0 saturated carbocycles. The highest BCUT2D eigenvalue weighted by molar-refractivity contribution is 9.10. The summed E-state index contributed by atoms with van der Waals surface area (Å²) in [6, 6.07) is 22.5. The Morgan fingerprint density at radius 1 is 0.885 bits per heavy atom. The molecule has 0 saturated heterocycles. The first-order valence-corrected chi connectivity index (χ1v) is 11.3. The number of hydrogen-bond acceptors (Lipinski definition) is 2. The van der Waals surface area contributed by atoms with Crippen molar-refractivity contribution in [3.63, 3.8) is 0 Å². The van der Waals surface area contributed by atoms with E-state index >= 15 is 0 Å². The van der Waals surface area contributed by atoms with Gasteiger partial charge in [0.2, 0.25) is 0 Å². The van der Waals surface area contributed by atoms with E-state index in [0.29, 0.717) is 6.61 Å². The van der Waals surface area contributed by atoms with Crippen LogP contribution in [0.2, 0.25) is 0 Å². The molecular formula is C22H23BrO2Si. The number of aryl methyl sites for hydroxylation is 1. The van der Waals surface area contributed by atoms with Crippen LogP contribution in [-0.2, 0) is 11.3 Å². The van der Waals surface area contributed by atoms with Crippen LogP contribution in [-0.4, -0.2) is 15.7 Å². The molecule has 0 radical (unpaired) electrons. The summed E-state index contributed by atoms with van der Waals surface area (Å²) in [5.41, 5.74) is 3.93. The summed E-state index contributed by atoms with van der Waals surface area (Å²) >= 11 is 3.43. The highest BCUT2D eigenvalue weighted by Crippen LogP contribution is 2.24. The first kappa shape index (κ1) is 18.9. The average Bonchev–Trinajstić information content (AvgIpc) is 2.64. The summed E-state index contributed by atoms with van der Waals surface area (Å²) in [5.74, 6) is 1.66. The zero-order valence-corrected chi connectivity index (χ0v) is 18.2. The van der Waals surface area contributed by atoms with Gasteiger partial charge in [0.25, 0.3) is 0 Å². The number of ether oxygens (including phenoxy) is 2. The van der Waals surface area contributed by atoms with Gasteiger partial charge in [-0.25, -0.2) is 0 Å². The summed E-state index contributed by atoms with van der Waals surface area (Å²) < 4.78 is 12.9. The minimum Gasteiger partial charge on any atom is -0.457 e. The third-order valence-corrected chi connectivity index (χ3v) is 6.78. The molecule has 0 amide bonds. The molecule has 3 rings (SSSR count). The van der Waals surface area contributed by atoms with Crippen LogP contribution in [0, 0.1) is 13.8 Å². The van der Waals surface area contributed by atoms with Crippen molar-refractivity contribution in [1.82, 2.24) is 0 Å². The predicted octanol–water partition coefficient (Wildman–Crippen LogP) is 4.83. The summed E-state index contributed by atoms with van der Waals surface area (Å²) in [6.07, 6.45) is 0.849. The predicted molar refractivity (Wildman–Crippen MR) is 114 cm³/mol. The Bertz CT molecular complexity index is 862. The smallest absolute Gasteiger partial charge is 0.127 e. The zero-order valence-electron chi connectivity index (χ0n) is 15.2. The Morgan fingerprint density at radius 3 is 2.46 bits per heavy atom. The lowest BCUT2D eigenvalue weighted by molar-refractivity contribution is 0.164. The van der Waals surface area contributed by atoms with Gasteiger partial charge < -0.3 is 9.47 Å². The van der Waals surface area contributed by atoms with Crippen LogP contribution in [0.5, 0.6) is 11.5 Å². The van der Waals surface area contributed by atoms with E-state index in [0.717, 1.165) is 27.8 Å². The fraction of sp³-hybridized carbons (Fsp3) is 0.182. The van der Waals surface area contributed by atoms with Crippen LogP contribution < -0.4 is 9.92 Å². The first-order valence-electron chi connectivity index (χ1n) is 8.77. The van der Waals surface area contributed by atoms with Gasteiger partial charge in [-0.3, -0.25) is 0 Å². The molecule has 0 aromatic heterocycles. The van der Waals surface area contributed by atoms with Crippen molar-refractivity contribution in [2.75, 3.05) is 6.23 Å². The van der Waals surface area contributed by atoms with Gasteiger partial charge in [-0.2, -0.15) is 0 Å². The van der Waals surface area contributed by atoms with Gasteiger partial charge in [0.15, 0.2) is 0 Å². The fourth-order valence-corrected chi connectivity index (χ4v) is 4.52. The van der Waals surface area contributed by atoms with Crippen molar-refractivity contribution >= 4 is 30.6 Å². The first-order chi connectivity index (χ1) is 12.6. The van der Waals surface area contributed by atoms with E-state index in [4.69, 9.17) is 9.47 Å². The van der Waals surface area contributed by atoms with Crippen molar-refractivity contribution in [1.29, 1.82) is 0 Å². The van der Waals surface area contributed by atoms with Gasteiger partial charge in [0.1, 0.15) is 11.5 Å². The number of rotatable bonds is 7. The quantitative estimate of drug-likeness (QED) is 0.397. The molecule has 2 nitrogen and oxygen atoms in total. The molecule has 0 heterocycles. The number of hydrogen-bond donors (Lipinski definition) is 0. The van der Waals surface area contributed by atoms with E-state index in [1.165, 1.54) is 16.3 Å². The molecule has 0 atom stereocenters. The second kappa shape index (κ2) is 9.17. The molecule has 0 aliphatic heterocycles.